The molecule has 2 heterocycles. The van der Waals surface area contributed by atoms with Crippen LogP contribution in [-0.4, -0.2) is 4.98 Å². The summed E-state index contributed by atoms with van der Waals surface area (Å²) in [6.07, 6.45) is 2.83. The van der Waals surface area contributed by atoms with E-state index in [0.29, 0.717) is 6.54 Å². The van der Waals surface area contributed by atoms with Gasteiger partial charge in [-0.25, -0.2) is 0 Å². The van der Waals surface area contributed by atoms with Crippen LogP contribution in [0.25, 0.3) is 10.9 Å². The Kier molecular flexibility index (Phi) is 2.46. The number of aromatic nitrogens is 1. The molecule has 3 aromatic rings. The molecule has 3 nitrogen and oxygen atoms in total. The molecule has 1 aromatic carbocycles. The van der Waals surface area contributed by atoms with Crippen molar-refractivity contribution in [1.29, 1.82) is 0 Å². The molecule has 3 rings (SSSR count). The first-order valence-electron chi connectivity index (χ1n) is 5.69. The van der Waals surface area contributed by atoms with Gasteiger partial charge in [0, 0.05) is 23.5 Å². The van der Waals surface area contributed by atoms with Gasteiger partial charge in [0.2, 0.25) is 0 Å². The van der Waals surface area contributed by atoms with Crippen molar-refractivity contribution in [3.8, 4) is 0 Å². The molecule has 17 heavy (non-hydrogen) atoms. The van der Waals surface area contributed by atoms with Gasteiger partial charge in [0.05, 0.1) is 6.54 Å². The predicted octanol–water partition coefficient (Wildman–Crippen LogP) is 2.81. The number of aromatic amines is 1. The zero-order chi connectivity index (χ0) is 11.7. The van der Waals surface area contributed by atoms with Crippen LogP contribution in [-0.2, 0) is 13.0 Å². The van der Waals surface area contributed by atoms with E-state index < -0.39 is 0 Å². The smallest absolute Gasteiger partial charge is 0.117 e. The van der Waals surface area contributed by atoms with Crippen LogP contribution in [0, 0.1) is 0 Å². The van der Waals surface area contributed by atoms with E-state index >= 15 is 0 Å². The number of hydrogen-bond donors (Lipinski definition) is 2. The second kappa shape index (κ2) is 4.11. The van der Waals surface area contributed by atoms with Gasteiger partial charge >= 0.3 is 0 Å². The third-order valence-electron chi connectivity index (χ3n) is 2.96. The van der Waals surface area contributed by atoms with E-state index in [-0.39, 0.29) is 0 Å². The van der Waals surface area contributed by atoms with Gasteiger partial charge in [-0.3, -0.25) is 0 Å². The minimum atomic E-state index is 0.452. The lowest BCUT2D eigenvalue weighted by molar-refractivity contribution is 0.475. The van der Waals surface area contributed by atoms with Crippen molar-refractivity contribution in [2.24, 2.45) is 5.73 Å². The Hall–Kier alpha value is -2.00. The summed E-state index contributed by atoms with van der Waals surface area (Å²) in [6.45, 7) is 0.452. The topological polar surface area (TPSA) is 55.0 Å². The van der Waals surface area contributed by atoms with Gasteiger partial charge < -0.3 is 15.1 Å². The fourth-order valence-corrected chi connectivity index (χ4v) is 2.09. The monoisotopic (exact) mass is 226 g/mol. The minimum Gasteiger partial charge on any atom is -0.464 e. The maximum Gasteiger partial charge on any atom is 0.117 e. The molecule has 0 aliphatic heterocycles. The van der Waals surface area contributed by atoms with Crippen molar-refractivity contribution in [1.82, 2.24) is 4.98 Å². The van der Waals surface area contributed by atoms with Crippen LogP contribution in [0.4, 0.5) is 0 Å². The van der Waals surface area contributed by atoms with Crippen LogP contribution in [0.15, 0.2) is 47.0 Å². The standard InChI is InChI=1S/C14H14N2O/c15-8-12-6-5-11(17-12)7-10-9-16-14-4-2-1-3-13(10)14/h1-6,9,16H,7-8,15H2. The molecule has 3 heteroatoms. The SMILES string of the molecule is NCc1ccc(Cc2c[nH]c3ccccc23)o1. The molecule has 3 N–H and O–H groups in total. The van der Waals surface area contributed by atoms with Crippen LogP contribution in [0.2, 0.25) is 0 Å². The fraction of sp³-hybridized carbons (Fsp3) is 0.143. The molecule has 0 radical (unpaired) electrons. The highest BCUT2D eigenvalue weighted by Crippen LogP contribution is 2.21. The summed E-state index contributed by atoms with van der Waals surface area (Å²) >= 11 is 0. The van der Waals surface area contributed by atoms with Crippen LogP contribution < -0.4 is 5.73 Å². The summed E-state index contributed by atoms with van der Waals surface area (Å²) in [5.74, 6) is 1.79. The number of H-pyrrole nitrogens is 1. The first-order chi connectivity index (χ1) is 8.36. The predicted molar refractivity (Wildman–Crippen MR) is 67.7 cm³/mol. The van der Waals surface area contributed by atoms with Crippen molar-refractivity contribution in [2.45, 2.75) is 13.0 Å². The zero-order valence-electron chi connectivity index (χ0n) is 9.44. The molecule has 0 spiro atoms. The Morgan fingerprint density at radius 2 is 1.88 bits per heavy atom. The molecule has 0 aliphatic carbocycles. The quantitative estimate of drug-likeness (QED) is 0.721. The number of nitrogens with one attached hydrogen (secondary N) is 1. The van der Waals surface area contributed by atoms with Crippen LogP contribution in [0.3, 0.4) is 0 Å². The van der Waals surface area contributed by atoms with E-state index in [1.165, 1.54) is 10.9 Å². The molecule has 0 unspecified atom stereocenters. The van der Waals surface area contributed by atoms with Crippen molar-refractivity contribution in [3.05, 3.63) is 59.7 Å². The number of para-hydroxylation sites is 1. The van der Waals surface area contributed by atoms with Crippen LogP contribution >= 0.6 is 0 Å². The van der Waals surface area contributed by atoms with Gasteiger partial charge in [0.15, 0.2) is 0 Å². The molecular formula is C14H14N2O. The molecule has 0 aliphatic rings. The lowest BCUT2D eigenvalue weighted by Gasteiger charge is -1.96. The summed E-state index contributed by atoms with van der Waals surface area (Å²) in [5.41, 5.74) is 7.94. The lowest BCUT2D eigenvalue weighted by atomic mass is 10.1. The number of fused-ring (bicyclic) bond motifs is 1. The van der Waals surface area contributed by atoms with Crippen molar-refractivity contribution >= 4 is 10.9 Å². The minimum absolute atomic E-state index is 0.452. The summed E-state index contributed by atoms with van der Waals surface area (Å²) in [5, 5.41) is 1.25. The Morgan fingerprint density at radius 1 is 1.06 bits per heavy atom. The fourth-order valence-electron chi connectivity index (χ4n) is 2.09. The first kappa shape index (κ1) is 10.2. The largest absolute Gasteiger partial charge is 0.464 e. The lowest BCUT2D eigenvalue weighted by Crippen LogP contribution is -1.93. The Labute approximate surface area is 99.2 Å². The third-order valence-corrected chi connectivity index (χ3v) is 2.96. The number of hydrogen-bond acceptors (Lipinski definition) is 2. The Bertz CT molecular complexity index is 636. The number of rotatable bonds is 3. The molecule has 86 valence electrons. The van der Waals surface area contributed by atoms with Gasteiger partial charge in [-0.15, -0.1) is 0 Å². The molecule has 0 amide bonds. The maximum absolute atomic E-state index is 5.62. The van der Waals surface area contributed by atoms with E-state index in [1.54, 1.807) is 0 Å². The Balaban J connectivity index is 1.94. The van der Waals surface area contributed by atoms with E-state index in [1.807, 2.05) is 30.5 Å². The van der Waals surface area contributed by atoms with Gasteiger partial charge in [-0.1, -0.05) is 18.2 Å². The molecule has 0 fully saturated rings. The molecule has 0 atom stereocenters. The second-order valence-electron chi connectivity index (χ2n) is 4.11. The number of nitrogens with two attached hydrogens (primary N) is 1. The average molecular weight is 226 g/mol. The van der Waals surface area contributed by atoms with Crippen LogP contribution in [0.1, 0.15) is 17.1 Å². The zero-order valence-corrected chi connectivity index (χ0v) is 9.44. The van der Waals surface area contributed by atoms with Crippen molar-refractivity contribution in [3.63, 3.8) is 0 Å². The van der Waals surface area contributed by atoms with Gasteiger partial charge in [-0.05, 0) is 23.8 Å². The summed E-state index contributed by atoms with van der Waals surface area (Å²) in [6, 6.07) is 12.2. The van der Waals surface area contributed by atoms with E-state index in [9.17, 15) is 0 Å². The average Bonchev–Trinajstić information content (AvgIpc) is 2.97. The van der Waals surface area contributed by atoms with Gasteiger partial charge in [0.25, 0.3) is 0 Å². The number of furan rings is 1. The summed E-state index contributed by atoms with van der Waals surface area (Å²) in [7, 11) is 0. The van der Waals surface area contributed by atoms with E-state index in [2.05, 4.69) is 17.1 Å². The highest BCUT2D eigenvalue weighted by Gasteiger charge is 2.06. The summed E-state index contributed by atoms with van der Waals surface area (Å²) in [4.78, 5) is 3.26. The van der Waals surface area contributed by atoms with Crippen molar-refractivity contribution in [2.75, 3.05) is 0 Å². The van der Waals surface area contributed by atoms with Crippen molar-refractivity contribution < 1.29 is 4.42 Å². The van der Waals surface area contributed by atoms with E-state index in [4.69, 9.17) is 10.2 Å². The van der Waals surface area contributed by atoms with E-state index in [0.717, 1.165) is 23.5 Å². The van der Waals surface area contributed by atoms with Gasteiger partial charge in [-0.2, -0.15) is 0 Å². The highest BCUT2D eigenvalue weighted by atomic mass is 16.3. The molecule has 0 saturated carbocycles. The number of benzene rings is 1. The molecule has 2 aromatic heterocycles. The molecular weight excluding hydrogens is 212 g/mol. The van der Waals surface area contributed by atoms with Crippen LogP contribution in [0.5, 0.6) is 0 Å². The maximum atomic E-state index is 5.62. The second-order valence-corrected chi connectivity index (χ2v) is 4.11. The highest BCUT2D eigenvalue weighted by molar-refractivity contribution is 5.83. The summed E-state index contributed by atoms with van der Waals surface area (Å²) < 4.78 is 5.62. The third kappa shape index (κ3) is 1.85. The molecule has 0 saturated heterocycles. The van der Waals surface area contributed by atoms with Gasteiger partial charge in [0.1, 0.15) is 11.5 Å². The normalized spacial score (nSPS) is 11.1. The Morgan fingerprint density at radius 3 is 2.71 bits per heavy atom. The first-order valence-corrected chi connectivity index (χ1v) is 5.69. The molecule has 0 bridgehead atoms.